The van der Waals surface area contributed by atoms with Crippen LogP contribution in [0.5, 0.6) is 0 Å². The summed E-state index contributed by atoms with van der Waals surface area (Å²) in [6.07, 6.45) is 0.476. The molecule has 44 heavy (non-hydrogen) atoms. The number of cyclic esters (lactones) is 1. The number of hydrogen-bond donors (Lipinski definition) is 2. The van der Waals surface area contributed by atoms with Crippen molar-refractivity contribution in [1.82, 2.24) is 25.3 Å². The molecule has 2 aliphatic rings. The van der Waals surface area contributed by atoms with Crippen molar-refractivity contribution in [3.63, 3.8) is 0 Å². The second kappa shape index (κ2) is 14.7. The number of fused-ring (bicyclic) bond motifs is 1. The van der Waals surface area contributed by atoms with E-state index in [0.29, 0.717) is 25.8 Å². The molecule has 12 nitrogen and oxygen atoms in total. The molecule has 250 valence electrons. The third-order valence-corrected chi connectivity index (χ3v) is 9.60. The van der Waals surface area contributed by atoms with Gasteiger partial charge in [-0.25, -0.2) is 0 Å². The lowest BCUT2D eigenvalue weighted by Crippen LogP contribution is -2.68. The SMILES string of the molecule is CCC(C)C1(C)NC(=O)C2(C)CCCN2C(=O)C(CC(C)C)OC(=O)CCNC(=O)C(C)N(C)C(=O)C(C(C)C)N(C)C1=O. The summed E-state index contributed by atoms with van der Waals surface area (Å²) in [6, 6.07) is -1.81. The molecule has 0 aromatic carbocycles. The van der Waals surface area contributed by atoms with Crippen LogP contribution < -0.4 is 10.6 Å². The van der Waals surface area contributed by atoms with Gasteiger partial charge in [-0.15, -0.1) is 0 Å². The van der Waals surface area contributed by atoms with Crippen molar-refractivity contribution in [2.75, 3.05) is 27.2 Å². The molecule has 0 bridgehead atoms. The number of amides is 5. The number of nitrogens with zero attached hydrogens (tertiary/aromatic N) is 3. The van der Waals surface area contributed by atoms with Gasteiger partial charge >= 0.3 is 5.97 Å². The Hall–Kier alpha value is -3.18. The summed E-state index contributed by atoms with van der Waals surface area (Å²) in [5.41, 5.74) is -2.70. The predicted molar refractivity (Wildman–Crippen MR) is 166 cm³/mol. The molecule has 12 heteroatoms. The molecule has 0 spiro atoms. The Bertz CT molecular complexity index is 1110. The lowest BCUT2D eigenvalue weighted by atomic mass is 9.81. The first-order valence-electron chi connectivity index (χ1n) is 16.0. The number of carbonyl (C=O) groups is 6. The fourth-order valence-electron chi connectivity index (χ4n) is 6.14. The summed E-state index contributed by atoms with van der Waals surface area (Å²) in [6.45, 7) is 16.4. The molecular formula is C32H55N5O7. The number of nitrogens with one attached hydrogen (secondary N) is 2. The molecule has 0 saturated carbocycles. The zero-order valence-electron chi connectivity index (χ0n) is 28.6. The number of rotatable bonds is 5. The van der Waals surface area contributed by atoms with Crippen LogP contribution in [-0.4, -0.2) is 107 Å². The molecular weight excluding hydrogens is 566 g/mol. The maximum absolute atomic E-state index is 14.4. The minimum absolute atomic E-state index is 0.0189. The van der Waals surface area contributed by atoms with E-state index in [1.165, 1.54) is 21.7 Å². The van der Waals surface area contributed by atoms with Gasteiger partial charge in [0.25, 0.3) is 5.91 Å². The molecule has 6 atom stereocenters. The van der Waals surface area contributed by atoms with E-state index >= 15 is 0 Å². The van der Waals surface area contributed by atoms with E-state index in [1.54, 1.807) is 27.8 Å². The van der Waals surface area contributed by atoms with Crippen molar-refractivity contribution >= 4 is 35.5 Å². The smallest absolute Gasteiger partial charge is 0.308 e. The highest BCUT2D eigenvalue weighted by atomic mass is 16.5. The van der Waals surface area contributed by atoms with Crippen molar-refractivity contribution in [2.45, 2.75) is 124 Å². The molecule has 2 aliphatic heterocycles. The average molecular weight is 622 g/mol. The van der Waals surface area contributed by atoms with Gasteiger partial charge in [-0.05, 0) is 57.8 Å². The highest BCUT2D eigenvalue weighted by Gasteiger charge is 2.52. The summed E-state index contributed by atoms with van der Waals surface area (Å²) >= 11 is 0. The second-order valence-corrected chi connectivity index (χ2v) is 13.7. The van der Waals surface area contributed by atoms with Crippen molar-refractivity contribution in [3.8, 4) is 0 Å². The third kappa shape index (κ3) is 7.72. The predicted octanol–water partition coefficient (Wildman–Crippen LogP) is 2.10. The Kier molecular flexibility index (Phi) is 12.4. The highest BCUT2D eigenvalue weighted by molar-refractivity contribution is 5.99. The zero-order chi connectivity index (χ0) is 33.7. The van der Waals surface area contributed by atoms with E-state index < -0.39 is 64.8 Å². The van der Waals surface area contributed by atoms with Gasteiger partial charge in [-0.1, -0.05) is 48.0 Å². The summed E-state index contributed by atoms with van der Waals surface area (Å²) in [4.78, 5) is 86.3. The van der Waals surface area contributed by atoms with Crippen molar-refractivity contribution in [1.29, 1.82) is 0 Å². The first-order valence-corrected chi connectivity index (χ1v) is 16.0. The molecule has 0 radical (unpaired) electrons. The van der Waals surface area contributed by atoms with Gasteiger partial charge in [0.2, 0.25) is 23.6 Å². The van der Waals surface area contributed by atoms with Crippen molar-refractivity contribution in [2.24, 2.45) is 17.8 Å². The zero-order valence-corrected chi connectivity index (χ0v) is 28.6. The van der Waals surface area contributed by atoms with Crippen molar-refractivity contribution in [3.05, 3.63) is 0 Å². The number of ether oxygens (including phenoxy) is 1. The monoisotopic (exact) mass is 621 g/mol. The Morgan fingerprint density at radius 3 is 2.11 bits per heavy atom. The van der Waals surface area contributed by atoms with Crippen LogP contribution >= 0.6 is 0 Å². The van der Waals surface area contributed by atoms with Crippen LogP contribution in [0, 0.1) is 17.8 Å². The molecule has 2 N–H and O–H groups in total. The van der Waals surface area contributed by atoms with E-state index in [2.05, 4.69) is 10.6 Å². The summed E-state index contributed by atoms with van der Waals surface area (Å²) in [5.74, 6) is -3.55. The van der Waals surface area contributed by atoms with E-state index in [4.69, 9.17) is 4.74 Å². The largest absolute Gasteiger partial charge is 0.452 e. The molecule has 5 amide bonds. The third-order valence-electron chi connectivity index (χ3n) is 9.60. The van der Waals surface area contributed by atoms with Gasteiger partial charge in [0, 0.05) is 27.2 Å². The van der Waals surface area contributed by atoms with Crippen LogP contribution in [0.25, 0.3) is 0 Å². The van der Waals surface area contributed by atoms with Crippen LogP contribution in [0.1, 0.15) is 94.4 Å². The Morgan fingerprint density at radius 1 is 0.955 bits per heavy atom. The molecule has 0 aromatic heterocycles. The summed E-state index contributed by atoms with van der Waals surface area (Å²) in [7, 11) is 3.05. The minimum atomic E-state index is -1.41. The van der Waals surface area contributed by atoms with Gasteiger partial charge in [0.05, 0.1) is 6.42 Å². The molecule has 2 fully saturated rings. The number of esters is 1. The van der Waals surface area contributed by atoms with Gasteiger partial charge in [-0.2, -0.15) is 0 Å². The number of likely N-dealkylation sites (N-methyl/N-ethyl adjacent to an activating group) is 2. The lowest BCUT2D eigenvalue weighted by Gasteiger charge is -2.44. The molecule has 6 unspecified atom stereocenters. The Balaban J connectivity index is 2.67. The van der Waals surface area contributed by atoms with Crippen LogP contribution in [0.4, 0.5) is 0 Å². The van der Waals surface area contributed by atoms with E-state index in [-0.39, 0.29) is 37.1 Å². The van der Waals surface area contributed by atoms with Crippen LogP contribution in [0.2, 0.25) is 0 Å². The molecule has 0 aromatic rings. The first-order chi connectivity index (χ1) is 20.3. The fraction of sp³-hybridized carbons (Fsp3) is 0.812. The van der Waals surface area contributed by atoms with Gasteiger partial charge in [0.15, 0.2) is 6.10 Å². The normalized spacial score (nSPS) is 31.3. The van der Waals surface area contributed by atoms with Gasteiger partial charge < -0.3 is 30.1 Å². The standard InChI is InChI=1S/C32H55N5O7/c1-12-21(6)32(9)30(43)36(11)25(20(4)5)28(41)35(10)22(7)26(39)33-16-14-24(38)44-23(18-19(2)3)27(40)37-17-13-15-31(37,8)29(42)34-32/h19-23,25H,12-18H2,1-11H3,(H,33,39)(H,34,42). The summed E-state index contributed by atoms with van der Waals surface area (Å²) < 4.78 is 5.66. The highest BCUT2D eigenvalue weighted by Crippen LogP contribution is 2.34. The molecule has 2 heterocycles. The van der Waals surface area contributed by atoms with Crippen molar-refractivity contribution < 1.29 is 33.5 Å². The van der Waals surface area contributed by atoms with E-state index in [0.717, 1.165) is 0 Å². The topological polar surface area (TPSA) is 145 Å². The second-order valence-electron chi connectivity index (χ2n) is 13.7. The van der Waals surface area contributed by atoms with Crippen LogP contribution in [-0.2, 0) is 33.5 Å². The van der Waals surface area contributed by atoms with Gasteiger partial charge in [0.1, 0.15) is 23.2 Å². The maximum Gasteiger partial charge on any atom is 0.308 e. The molecule has 0 aliphatic carbocycles. The Labute approximate surface area is 263 Å². The Morgan fingerprint density at radius 2 is 1.57 bits per heavy atom. The molecule has 2 saturated heterocycles. The lowest BCUT2D eigenvalue weighted by molar-refractivity contribution is -0.165. The quantitative estimate of drug-likeness (QED) is 0.447. The van der Waals surface area contributed by atoms with Gasteiger partial charge in [-0.3, -0.25) is 28.8 Å². The summed E-state index contributed by atoms with van der Waals surface area (Å²) in [5, 5.41) is 5.69. The van der Waals surface area contributed by atoms with Crippen LogP contribution in [0.3, 0.4) is 0 Å². The van der Waals surface area contributed by atoms with E-state index in [9.17, 15) is 28.8 Å². The van der Waals surface area contributed by atoms with Crippen LogP contribution in [0.15, 0.2) is 0 Å². The minimum Gasteiger partial charge on any atom is -0.452 e. The number of hydrogen-bond acceptors (Lipinski definition) is 7. The average Bonchev–Trinajstić information content (AvgIpc) is 3.36. The number of carbonyl (C=O) groups excluding carboxylic acids is 6. The maximum atomic E-state index is 14.4. The fourth-order valence-corrected chi connectivity index (χ4v) is 6.14. The molecule has 2 rings (SSSR count). The van der Waals surface area contributed by atoms with E-state index in [1.807, 2.05) is 41.5 Å². The first kappa shape index (κ1) is 37.0.